The molecule has 0 aromatic rings. The molecule has 0 unspecified atom stereocenters. The molecule has 184 valence electrons. The molecule has 0 heterocycles. The number of carbonyl (C=O) groups is 1. The van der Waals surface area contributed by atoms with Crippen molar-refractivity contribution in [3.05, 3.63) is 0 Å². The van der Waals surface area contributed by atoms with E-state index < -0.39 is 16.4 Å². The zero-order valence-corrected chi connectivity index (χ0v) is 20.6. The van der Waals surface area contributed by atoms with Crippen molar-refractivity contribution in [1.29, 1.82) is 0 Å². The summed E-state index contributed by atoms with van der Waals surface area (Å²) in [7, 11) is -4.20. The third-order valence-corrected chi connectivity index (χ3v) is 6.25. The zero-order valence-electron chi connectivity index (χ0n) is 19.8. The molecule has 32 heavy (non-hydrogen) atoms. The van der Waals surface area contributed by atoms with E-state index in [2.05, 4.69) is 18.0 Å². The first kappa shape index (κ1) is 37.9. The molecule has 8 heteroatoms. The Morgan fingerprint density at radius 3 is 1.31 bits per heavy atom. The summed E-state index contributed by atoms with van der Waals surface area (Å²) in [4.78, 5) is 11.7. The maximum atomic E-state index is 11.7. The summed E-state index contributed by atoms with van der Waals surface area (Å²) in [5.74, 6) is -0.707. The second-order valence-corrected chi connectivity index (χ2v) is 9.66. The van der Waals surface area contributed by atoms with E-state index in [0.717, 1.165) is 25.7 Å². The van der Waals surface area contributed by atoms with E-state index in [-0.39, 0.29) is 72.1 Å². The van der Waals surface area contributed by atoms with Crippen molar-refractivity contribution < 1.29 is 21.6 Å². The monoisotopic (exact) mass is 496 g/mol. The van der Waals surface area contributed by atoms with Crippen LogP contribution >= 0.6 is 0 Å². The topological polar surface area (TPSA) is 69.7 Å². The van der Waals surface area contributed by atoms with E-state index in [0.29, 0.717) is 12.8 Å². The molecule has 0 aromatic heterocycles. The van der Waals surface area contributed by atoms with Crippen LogP contribution in [0.1, 0.15) is 142 Å². The first-order valence-corrected chi connectivity index (χ1v) is 14.0. The van der Waals surface area contributed by atoms with Gasteiger partial charge in [-0.05, 0) is 12.8 Å². The van der Waals surface area contributed by atoms with Crippen LogP contribution in [0.2, 0.25) is 0 Å². The van der Waals surface area contributed by atoms with E-state index in [9.17, 15) is 13.2 Å². The maximum absolute atomic E-state index is 11.7. The van der Waals surface area contributed by atoms with Crippen LogP contribution < -0.4 is 0 Å². The summed E-state index contributed by atoms with van der Waals surface area (Å²) in [5, 5.41) is 0. The van der Waals surface area contributed by atoms with Gasteiger partial charge >= 0.3 is 75.5 Å². The molecule has 0 saturated carbocycles. The molecule has 0 rings (SSSR count). The Balaban J connectivity index is -0.00000420. The van der Waals surface area contributed by atoms with E-state index in [4.69, 9.17) is 4.18 Å². The minimum absolute atomic E-state index is 0. The molecule has 0 aliphatic heterocycles. The Morgan fingerprint density at radius 1 is 0.562 bits per heavy atom. The quantitative estimate of drug-likeness (QED) is 0.122. The van der Waals surface area contributed by atoms with Gasteiger partial charge in [0.15, 0.2) is 0 Å². The predicted octanol–water partition coefficient (Wildman–Crippen LogP) is 6.34. The Hall–Kier alpha value is 1.38. The number of hydrogen-bond acceptors (Lipinski definition) is 5. The minimum atomic E-state index is -4.20. The van der Waals surface area contributed by atoms with Crippen molar-refractivity contribution in [2.45, 2.75) is 142 Å². The van der Waals surface area contributed by atoms with Crippen molar-refractivity contribution in [3.63, 3.8) is 0 Å². The van der Waals surface area contributed by atoms with Crippen LogP contribution in [0.25, 0.3) is 0 Å². The second-order valence-electron chi connectivity index (χ2n) is 8.45. The summed E-state index contributed by atoms with van der Waals surface area (Å²) in [6.07, 6.45) is 22.1. The van der Waals surface area contributed by atoms with Gasteiger partial charge in [0.1, 0.15) is 0 Å². The summed E-state index contributed by atoms with van der Waals surface area (Å²) < 4.78 is 32.7. The second kappa shape index (κ2) is 28.6. The Kier molecular flexibility index (Phi) is 33.9. The first-order chi connectivity index (χ1) is 14.5. The molecule has 0 radical (unpaired) electrons. The van der Waals surface area contributed by atoms with E-state index in [1.165, 1.54) is 83.5 Å². The van der Waals surface area contributed by atoms with Crippen LogP contribution in [-0.4, -0.2) is 80.1 Å². The van der Waals surface area contributed by atoms with Crippen LogP contribution in [0.4, 0.5) is 0 Å². The van der Waals surface area contributed by atoms with E-state index in [1.54, 1.807) is 0 Å². The fourth-order valence-electron chi connectivity index (χ4n) is 3.51. The molecule has 0 aromatic carbocycles. The number of unbranched alkanes of at least 4 members (excludes halogenated alkanes) is 17. The standard InChI is InChI=1S/C24H48O5S.2Na.2H/c1-3-5-7-9-11-13-15-17-19-21-23-28-30(26,27)29-24(25)22-20-18-16-14-12-10-8-6-4-2;;;;/h3-23H2,1-2H3;;;;. The average molecular weight is 497 g/mol. The number of carbonyl (C=O) groups excluding carboxylic acids is 1. The molecule has 0 aliphatic carbocycles. The van der Waals surface area contributed by atoms with Crippen molar-refractivity contribution >= 4 is 75.5 Å². The van der Waals surface area contributed by atoms with Gasteiger partial charge in [0, 0.05) is 6.42 Å². The van der Waals surface area contributed by atoms with Gasteiger partial charge in [-0.2, -0.15) is 8.42 Å². The van der Waals surface area contributed by atoms with Gasteiger partial charge in [-0.25, -0.2) is 4.18 Å². The van der Waals surface area contributed by atoms with Crippen LogP contribution in [-0.2, 0) is 23.6 Å². The van der Waals surface area contributed by atoms with Gasteiger partial charge in [-0.3, -0.25) is 4.79 Å². The predicted molar refractivity (Wildman–Crippen MR) is 139 cm³/mol. The Morgan fingerprint density at radius 2 is 0.906 bits per heavy atom. The summed E-state index contributed by atoms with van der Waals surface area (Å²) in [6.45, 7) is 4.52. The van der Waals surface area contributed by atoms with Gasteiger partial charge in [-0.1, -0.05) is 123 Å². The van der Waals surface area contributed by atoms with Crippen molar-refractivity contribution in [2.24, 2.45) is 0 Å². The Bertz CT molecular complexity index is 487. The molecule has 0 N–H and O–H groups in total. The molecule has 5 nitrogen and oxygen atoms in total. The van der Waals surface area contributed by atoms with Gasteiger partial charge in [-0.15, -0.1) is 0 Å². The summed E-state index contributed by atoms with van der Waals surface area (Å²) in [6, 6.07) is 0. The van der Waals surface area contributed by atoms with Gasteiger partial charge in [0.25, 0.3) is 0 Å². The van der Waals surface area contributed by atoms with Crippen molar-refractivity contribution in [2.75, 3.05) is 6.61 Å². The Labute approximate surface area is 243 Å². The van der Waals surface area contributed by atoms with Crippen LogP contribution in [0.5, 0.6) is 0 Å². The molecule has 0 fully saturated rings. The molecule has 0 saturated heterocycles. The van der Waals surface area contributed by atoms with Crippen LogP contribution in [0.15, 0.2) is 0 Å². The van der Waals surface area contributed by atoms with Crippen LogP contribution in [0, 0.1) is 0 Å². The zero-order chi connectivity index (χ0) is 22.3. The summed E-state index contributed by atoms with van der Waals surface area (Å²) in [5.41, 5.74) is 0. The van der Waals surface area contributed by atoms with Crippen molar-refractivity contribution in [3.8, 4) is 0 Å². The van der Waals surface area contributed by atoms with Gasteiger partial charge in [0.2, 0.25) is 0 Å². The van der Waals surface area contributed by atoms with Gasteiger partial charge in [0.05, 0.1) is 6.61 Å². The normalized spacial score (nSPS) is 10.9. The fraction of sp³-hybridized carbons (Fsp3) is 0.958. The van der Waals surface area contributed by atoms with Crippen molar-refractivity contribution in [1.82, 2.24) is 0 Å². The van der Waals surface area contributed by atoms with Crippen LogP contribution in [0.3, 0.4) is 0 Å². The molecular formula is C24H50Na2O5S. The average Bonchev–Trinajstić information content (AvgIpc) is 2.70. The number of rotatable bonds is 23. The third kappa shape index (κ3) is 29.4. The first-order valence-electron chi connectivity index (χ1n) is 12.6. The molecular weight excluding hydrogens is 446 g/mol. The van der Waals surface area contributed by atoms with E-state index >= 15 is 0 Å². The SMILES string of the molecule is CCCCCCCCCCCCOS(=O)(=O)OC(=O)CCCCCCCCCCC.[NaH].[NaH]. The van der Waals surface area contributed by atoms with E-state index in [1.807, 2.05) is 0 Å². The third-order valence-electron chi connectivity index (χ3n) is 5.41. The molecule has 0 atom stereocenters. The molecule has 0 amide bonds. The summed E-state index contributed by atoms with van der Waals surface area (Å²) >= 11 is 0. The fourth-order valence-corrected chi connectivity index (χ4v) is 4.19. The molecule has 0 spiro atoms. The number of hydrogen-bond donors (Lipinski definition) is 0. The molecule has 0 aliphatic rings. The van der Waals surface area contributed by atoms with Gasteiger partial charge < -0.3 is 4.18 Å². The molecule has 0 bridgehead atoms.